The summed E-state index contributed by atoms with van der Waals surface area (Å²) < 4.78 is 5.28. The fraction of sp³-hybridized carbons (Fsp3) is 0.167. The fourth-order valence-corrected chi connectivity index (χ4v) is 2.97. The van der Waals surface area contributed by atoms with E-state index < -0.39 is 0 Å². The summed E-state index contributed by atoms with van der Waals surface area (Å²) in [6, 6.07) is 13.3. The highest BCUT2D eigenvalue weighted by molar-refractivity contribution is 7.14. The van der Waals surface area contributed by atoms with E-state index in [4.69, 9.17) is 4.74 Å². The average molecular weight is 354 g/mol. The van der Waals surface area contributed by atoms with Crippen LogP contribution >= 0.6 is 11.3 Å². The van der Waals surface area contributed by atoms with Crippen molar-refractivity contribution in [2.24, 2.45) is 0 Å². The summed E-state index contributed by atoms with van der Waals surface area (Å²) in [5.74, 6) is 1.22. The number of carbonyl (C=O) groups is 1. The second-order valence-corrected chi connectivity index (χ2v) is 6.18. The van der Waals surface area contributed by atoms with E-state index in [2.05, 4.69) is 20.6 Å². The maximum Gasteiger partial charge on any atom is 0.271 e. The van der Waals surface area contributed by atoms with Crippen molar-refractivity contribution in [1.82, 2.24) is 15.3 Å². The van der Waals surface area contributed by atoms with Gasteiger partial charge in [0, 0.05) is 23.2 Å². The third-order valence-electron chi connectivity index (χ3n) is 3.49. The van der Waals surface area contributed by atoms with Crippen molar-refractivity contribution >= 4 is 28.2 Å². The number of hydrogen-bond donors (Lipinski definition) is 2. The molecule has 0 aliphatic carbocycles. The second-order valence-electron chi connectivity index (χ2n) is 5.32. The molecule has 0 bridgehead atoms. The van der Waals surface area contributed by atoms with Crippen LogP contribution < -0.4 is 15.4 Å². The predicted molar refractivity (Wildman–Crippen MR) is 98.5 cm³/mol. The zero-order chi connectivity index (χ0) is 17.6. The maximum atomic E-state index is 12.3. The van der Waals surface area contributed by atoms with Crippen LogP contribution in [0.5, 0.6) is 5.75 Å². The molecule has 6 nitrogen and oxygen atoms in total. The highest BCUT2D eigenvalue weighted by atomic mass is 32.1. The van der Waals surface area contributed by atoms with Crippen molar-refractivity contribution in [3.05, 3.63) is 64.8 Å². The van der Waals surface area contributed by atoms with Crippen molar-refractivity contribution < 1.29 is 9.53 Å². The molecule has 1 aromatic carbocycles. The number of ether oxygens (including phenoxy) is 1. The van der Waals surface area contributed by atoms with E-state index in [0.717, 1.165) is 17.0 Å². The van der Waals surface area contributed by atoms with E-state index in [-0.39, 0.29) is 5.91 Å². The molecule has 0 saturated heterocycles. The van der Waals surface area contributed by atoms with Crippen LogP contribution in [0.25, 0.3) is 0 Å². The van der Waals surface area contributed by atoms with Gasteiger partial charge in [-0.15, -0.1) is 11.3 Å². The van der Waals surface area contributed by atoms with Gasteiger partial charge >= 0.3 is 0 Å². The molecule has 2 N–H and O–H groups in total. The van der Waals surface area contributed by atoms with Crippen LogP contribution in [0.15, 0.2) is 47.8 Å². The standard InChI is InChI=1S/C18H18N4O2S/c1-12-6-5-9-16(20-12)22-18-21-14(11-25-18)17(23)19-10-13-7-3-4-8-15(13)24-2/h3-9,11H,10H2,1-2H3,(H,19,23)(H,20,21,22). The summed E-state index contributed by atoms with van der Waals surface area (Å²) in [4.78, 5) is 21.0. The molecule has 0 saturated carbocycles. The third-order valence-corrected chi connectivity index (χ3v) is 4.25. The predicted octanol–water partition coefficient (Wildman–Crippen LogP) is 3.53. The second kappa shape index (κ2) is 7.76. The minimum atomic E-state index is -0.229. The number of thiazole rings is 1. The van der Waals surface area contributed by atoms with Crippen LogP contribution in [-0.2, 0) is 6.54 Å². The summed E-state index contributed by atoms with van der Waals surface area (Å²) in [7, 11) is 1.61. The first-order chi connectivity index (χ1) is 12.2. The van der Waals surface area contributed by atoms with E-state index in [1.807, 2.05) is 49.4 Å². The molecule has 128 valence electrons. The zero-order valence-corrected chi connectivity index (χ0v) is 14.8. The summed E-state index contributed by atoms with van der Waals surface area (Å²) in [6.07, 6.45) is 0. The maximum absolute atomic E-state index is 12.3. The van der Waals surface area contributed by atoms with Crippen LogP contribution in [0.3, 0.4) is 0 Å². The molecule has 3 rings (SSSR count). The van der Waals surface area contributed by atoms with E-state index in [1.54, 1.807) is 12.5 Å². The van der Waals surface area contributed by atoms with Crippen LogP contribution in [0, 0.1) is 6.92 Å². The molecule has 0 aliphatic rings. The Labute approximate surface area is 149 Å². The fourth-order valence-electron chi connectivity index (χ4n) is 2.27. The number of nitrogens with one attached hydrogen (secondary N) is 2. The number of nitrogens with zero attached hydrogens (tertiary/aromatic N) is 2. The molecule has 0 radical (unpaired) electrons. The van der Waals surface area contributed by atoms with E-state index in [1.165, 1.54) is 11.3 Å². The van der Waals surface area contributed by atoms with E-state index in [0.29, 0.717) is 23.2 Å². The van der Waals surface area contributed by atoms with Crippen molar-refractivity contribution in [3.63, 3.8) is 0 Å². The minimum Gasteiger partial charge on any atom is -0.496 e. The van der Waals surface area contributed by atoms with Crippen molar-refractivity contribution in [1.29, 1.82) is 0 Å². The Morgan fingerprint density at radius 2 is 2.00 bits per heavy atom. The van der Waals surface area contributed by atoms with Gasteiger partial charge in [0.15, 0.2) is 5.13 Å². The molecule has 2 aromatic heterocycles. The number of hydrogen-bond acceptors (Lipinski definition) is 6. The van der Waals surface area contributed by atoms with Crippen molar-refractivity contribution in [3.8, 4) is 5.75 Å². The third kappa shape index (κ3) is 4.33. The monoisotopic (exact) mass is 354 g/mol. The Hall–Kier alpha value is -2.93. The molecule has 25 heavy (non-hydrogen) atoms. The average Bonchev–Trinajstić information content (AvgIpc) is 3.08. The quantitative estimate of drug-likeness (QED) is 0.708. The molecule has 0 unspecified atom stereocenters. The lowest BCUT2D eigenvalue weighted by Crippen LogP contribution is -2.23. The normalized spacial score (nSPS) is 10.3. The van der Waals surface area contributed by atoms with Gasteiger partial charge in [-0.25, -0.2) is 9.97 Å². The Morgan fingerprint density at radius 3 is 2.80 bits per heavy atom. The minimum absolute atomic E-state index is 0.229. The van der Waals surface area contributed by atoms with Gasteiger partial charge in [-0.2, -0.15) is 0 Å². The summed E-state index contributed by atoms with van der Waals surface area (Å²) >= 11 is 1.36. The Kier molecular flexibility index (Phi) is 5.25. The van der Waals surface area contributed by atoms with Crippen molar-refractivity contribution in [2.45, 2.75) is 13.5 Å². The van der Waals surface area contributed by atoms with E-state index >= 15 is 0 Å². The van der Waals surface area contributed by atoms with Crippen LogP contribution in [0.4, 0.5) is 10.9 Å². The summed E-state index contributed by atoms with van der Waals surface area (Å²) in [6.45, 7) is 2.30. The zero-order valence-electron chi connectivity index (χ0n) is 13.9. The van der Waals surface area contributed by atoms with Gasteiger partial charge in [0.25, 0.3) is 5.91 Å². The van der Waals surface area contributed by atoms with E-state index in [9.17, 15) is 4.79 Å². The first-order valence-electron chi connectivity index (χ1n) is 7.72. The largest absolute Gasteiger partial charge is 0.496 e. The number of para-hydroxylation sites is 1. The van der Waals surface area contributed by atoms with Gasteiger partial charge in [-0.1, -0.05) is 24.3 Å². The van der Waals surface area contributed by atoms with Gasteiger partial charge in [0.1, 0.15) is 17.3 Å². The molecular formula is C18H18N4O2S. The number of rotatable bonds is 6. The molecule has 1 amide bonds. The van der Waals surface area contributed by atoms with Gasteiger partial charge in [0.05, 0.1) is 7.11 Å². The number of anilines is 2. The topological polar surface area (TPSA) is 76.1 Å². The van der Waals surface area contributed by atoms with Gasteiger partial charge in [0.2, 0.25) is 0 Å². The Balaban J connectivity index is 1.62. The first kappa shape index (κ1) is 16.9. The number of pyridine rings is 1. The molecule has 7 heteroatoms. The molecule has 0 spiro atoms. The highest BCUT2D eigenvalue weighted by Gasteiger charge is 2.12. The first-order valence-corrected chi connectivity index (χ1v) is 8.60. The van der Waals surface area contributed by atoms with Gasteiger partial charge < -0.3 is 15.4 Å². The molecular weight excluding hydrogens is 336 g/mol. The molecule has 0 fully saturated rings. The number of aryl methyl sites for hydroxylation is 1. The molecule has 0 atom stereocenters. The number of amides is 1. The number of aromatic nitrogens is 2. The lowest BCUT2D eigenvalue weighted by molar-refractivity contribution is 0.0946. The summed E-state index contributed by atoms with van der Waals surface area (Å²) in [5, 5.41) is 8.31. The molecule has 2 heterocycles. The van der Waals surface area contributed by atoms with Gasteiger partial charge in [-0.05, 0) is 25.1 Å². The number of methoxy groups -OCH3 is 1. The van der Waals surface area contributed by atoms with Crippen LogP contribution in [-0.4, -0.2) is 23.0 Å². The number of benzene rings is 1. The lowest BCUT2D eigenvalue weighted by Gasteiger charge is -2.08. The Bertz CT molecular complexity index is 879. The lowest BCUT2D eigenvalue weighted by atomic mass is 10.2. The van der Waals surface area contributed by atoms with Crippen LogP contribution in [0.2, 0.25) is 0 Å². The Morgan fingerprint density at radius 1 is 1.16 bits per heavy atom. The highest BCUT2D eigenvalue weighted by Crippen LogP contribution is 2.20. The van der Waals surface area contributed by atoms with Crippen molar-refractivity contribution in [2.75, 3.05) is 12.4 Å². The smallest absolute Gasteiger partial charge is 0.271 e. The molecule has 3 aromatic rings. The van der Waals surface area contributed by atoms with Crippen LogP contribution in [0.1, 0.15) is 21.7 Å². The SMILES string of the molecule is COc1ccccc1CNC(=O)c1csc(Nc2cccc(C)n2)n1. The molecule has 0 aliphatic heterocycles. The van der Waals surface area contributed by atoms with Gasteiger partial charge in [-0.3, -0.25) is 4.79 Å². The number of carbonyl (C=O) groups excluding carboxylic acids is 1. The summed E-state index contributed by atoms with van der Waals surface area (Å²) in [5.41, 5.74) is 2.20.